The summed E-state index contributed by atoms with van der Waals surface area (Å²) in [6, 6.07) is 3.98. The number of fused-ring (bicyclic) bond motifs is 8. The molecule has 3 aliphatic carbocycles. The van der Waals surface area contributed by atoms with E-state index >= 15 is 0 Å². The van der Waals surface area contributed by atoms with Crippen LogP contribution >= 0.6 is 0 Å². The molecule has 3 N–H and O–H groups in total. The van der Waals surface area contributed by atoms with Gasteiger partial charge in [0.25, 0.3) is 0 Å². The summed E-state index contributed by atoms with van der Waals surface area (Å²) in [4.78, 5) is 42.0. The number of hydrogen-bond donors (Lipinski definition) is 3. The Hall–Kier alpha value is -2.65. The second-order valence-corrected chi connectivity index (χ2v) is 16.6. The first-order valence-electron chi connectivity index (χ1n) is 16.5. The normalized spacial score (nSPS) is 38.4. The van der Waals surface area contributed by atoms with Crippen molar-refractivity contribution in [3.63, 3.8) is 0 Å². The number of hydrogen-bond acceptors (Lipinski definition) is 7. The minimum Gasteiger partial charge on any atom is -0.387 e. The third-order valence-corrected chi connectivity index (χ3v) is 12.6. The van der Waals surface area contributed by atoms with Gasteiger partial charge in [0.15, 0.2) is 11.6 Å². The monoisotopic (exact) mass is 617 g/mol. The van der Waals surface area contributed by atoms with Gasteiger partial charge in [-0.3, -0.25) is 14.4 Å². The topological polar surface area (TPSA) is 122 Å². The van der Waals surface area contributed by atoms with Crippen molar-refractivity contribution in [3.8, 4) is 0 Å². The number of amides is 1. The number of ether oxygens (including phenoxy) is 2. The van der Waals surface area contributed by atoms with Crippen LogP contribution in [-0.2, 0) is 25.5 Å². The first-order chi connectivity index (χ1) is 20.7. The van der Waals surface area contributed by atoms with E-state index in [4.69, 9.17) is 9.47 Å². The Balaban J connectivity index is 1.29. The van der Waals surface area contributed by atoms with E-state index in [1.807, 2.05) is 26.0 Å². The van der Waals surface area contributed by atoms with Crippen molar-refractivity contribution in [1.82, 2.24) is 0 Å². The molecule has 6 atom stereocenters. The highest BCUT2D eigenvalue weighted by molar-refractivity contribution is 6.09. The lowest BCUT2D eigenvalue weighted by molar-refractivity contribution is -0.215. The van der Waals surface area contributed by atoms with Gasteiger partial charge in [0.2, 0.25) is 5.91 Å². The molecule has 7 rings (SSSR count). The molecule has 1 aromatic carbocycles. The fourth-order valence-electron chi connectivity index (χ4n) is 10.1. The van der Waals surface area contributed by atoms with Gasteiger partial charge in [-0.1, -0.05) is 6.92 Å². The summed E-state index contributed by atoms with van der Waals surface area (Å²) in [6.07, 6.45) is 3.30. The Kier molecular flexibility index (Phi) is 6.36. The van der Waals surface area contributed by atoms with Crippen LogP contribution in [0, 0.1) is 16.7 Å². The van der Waals surface area contributed by atoms with Crippen molar-refractivity contribution in [3.05, 3.63) is 46.0 Å². The molecule has 1 amide bonds. The number of anilines is 1. The van der Waals surface area contributed by atoms with E-state index in [1.54, 1.807) is 13.8 Å². The fraction of sp³-hybridized carbons (Fsp3) is 0.649. The van der Waals surface area contributed by atoms with E-state index < -0.39 is 39.8 Å². The van der Waals surface area contributed by atoms with E-state index in [9.17, 15) is 24.6 Å². The third kappa shape index (κ3) is 4.14. The number of ketones is 2. The highest BCUT2D eigenvalue weighted by Gasteiger charge is 2.70. The van der Waals surface area contributed by atoms with Crippen LogP contribution in [0.5, 0.6) is 0 Å². The van der Waals surface area contributed by atoms with Gasteiger partial charge in [0.1, 0.15) is 6.10 Å². The van der Waals surface area contributed by atoms with Gasteiger partial charge in [-0.2, -0.15) is 0 Å². The standard InChI is InChI=1S/C37H47NO7/c1-32(2)18-23-21-16-26-22(13-19(21)14-24(23)34(5,6)45-32)27(39)15-20-9-12-37(43)25-17-28(40)30(33(3,4)42)44-29(25)10-11-35(37,7)36(20,8)31(41)38-26/h13,16-17,20,29-30,42-43H,9-12,14-15,18H2,1-8H3,(H,38,41). The van der Waals surface area contributed by atoms with E-state index in [-0.39, 0.29) is 35.4 Å². The zero-order valence-corrected chi connectivity index (χ0v) is 27.8. The molecule has 1 aromatic rings. The SMILES string of the molecule is CC1(C)CC2=C(Cc3cc4c(cc32)NC(=O)C2(C)C(CCC3(O)C5=CC(=O)C(C(C)(C)O)OC5CCC32C)CC4=O)C(C)(C)O1. The molecular weight excluding hydrogens is 570 g/mol. The number of rotatable bonds is 1. The third-order valence-electron chi connectivity index (χ3n) is 12.6. The lowest BCUT2D eigenvalue weighted by Crippen LogP contribution is -2.70. The molecule has 3 aliphatic heterocycles. The maximum Gasteiger partial charge on any atom is 0.231 e. The number of Topliss-reactive ketones (excluding diaryl/α,β-unsaturated/α-hetero) is 1. The smallest absolute Gasteiger partial charge is 0.231 e. The van der Waals surface area contributed by atoms with Crippen molar-refractivity contribution in [2.45, 2.75) is 135 Å². The van der Waals surface area contributed by atoms with Crippen molar-refractivity contribution >= 4 is 28.7 Å². The quantitative estimate of drug-likeness (QED) is 0.382. The molecule has 45 heavy (non-hydrogen) atoms. The molecule has 0 aromatic heterocycles. The Morgan fingerprint density at radius 2 is 1.69 bits per heavy atom. The maximum atomic E-state index is 14.7. The Morgan fingerprint density at radius 1 is 0.978 bits per heavy atom. The van der Waals surface area contributed by atoms with Gasteiger partial charge in [-0.05, 0) is 133 Å². The maximum absolute atomic E-state index is 14.7. The number of aliphatic hydroxyl groups is 2. The van der Waals surface area contributed by atoms with Crippen molar-refractivity contribution in [2.24, 2.45) is 16.7 Å². The minimum absolute atomic E-state index is 0.00382. The molecule has 0 bridgehead atoms. The van der Waals surface area contributed by atoms with Crippen LogP contribution in [0.25, 0.3) is 5.57 Å². The Labute approximate surface area is 265 Å². The van der Waals surface area contributed by atoms with Gasteiger partial charge in [-0.25, -0.2) is 0 Å². The van der Waals surface area contributed by atoms with Crippen molar-refractivity contribution in [1.29, 1.82) is 0 Å². The summed E-state index contributed by atoms with van der Waals surface area (Å²) in [6.45, 7) is 15.3. The van der Waals surface area contributed by atoms with Crippen LogP contribution in [-0.4, -0.2) is 62.3 Å². The summed E-state index contributed by atoms with van der Waals surface area (Å²) in [5.41, 5.74) is 0.464. The first-order valence-corrected chi connectivity index (χ1v) is 16.5. The van der Waals surface area contributed by atoms with Crippen LogP contribution in [0.15, 0.2) is 29.4 Å². The summed E-state index contributed by atoms with van der Waals surface area (Å²) < 4.78 is 12.6. The number of nitrogens with one attached hydrogen (secondary N) is 1. The average molecular weight is 618 g/mol. The molecule has 3 heterocycles. The van der Waals surface area contributed by atoms with Gasteiger partial charge >= 0.3 is 0 Å². The molecule has 242 valence electrons. The largest absolute Gasteiger partial charge is 0.387 e. The molecule has 0 spiro atoms. The summed E-state index contributed by atoms with van der Waals surface area (Å²) in [5, 5.41) is 26.4. The fourth-order valence-corrected chi connectivity index (χ4v) is 10.1. The number of carbonyl (C=O) groups excluding carboxylic acids is 3. The van der Waals surface area contributed by atoms with Gasteiger partial charge in [0, 0.05) is 23.8 Å². The lowest BCUT2D eigenvalue weighted by Gasteiger charge is -2.65. The molecular formula is C37H47NO7. The van der Waals surface area contributed by atoms with Gasteiger partial charge in [-0.15, -0.1) is 0 Å². The van der Waals surface area contributed by atoms with Crippen LogP contribution in [0.2, 0.25) is 0 Å². The zero-order valence-electron chi connectivity index (χ0n) is 27.8. The predicted octanol–water partition coefficient (Wildman–Crippen LogP) is 5.48. The molecule has 8 heteroatoms. The molecule has 6 aliphatic rings. The zero-order chi connectivity index (χ0) is 32.7. The average Bonchev–Trinajstić information content (AvgIpc) is 3.27. The second-order valence-electron chi connectivity index (χ2n) is 16.6. The van der Waals surface area contributed by atoms with Crippen LogP contribution < -0.4 is 5.32 Å². The van der Waals surface area contributed by atoms with Gasteiger partial charge in [0.05, 0.1) is 39.6 Å². The predicted molar refractivity (Wildman–Crippen MR) is 170 cm³/mol. The van der Waals surface area contributed by atoms with Crippen LogP contribution in [0.3, 0.4) is 0 Å². The second kappa shape index (κ2) is 9.24. The van der Waals surface area contributed by atoms with Crippen LogP contribution in [0.4, 0.5) is 5.69 Å². The van der Waals surface area contributed by atoms with E-state index in [0.29, 0.717) is 42.5 Å². The highest BCUT2D eigenvalue weighted by Crippen LogP contribution is 2.67. The Morgan fingerprint density at radius 3 is 2.38 bits per heavy atom. The van der Waals surface area contributed by atoms with Gasteiger partial charge < -0.3 is 25.0 Å². The van der Waals surface area contributed by atoms with Crippen LogP contribution in [0.1, 0.15) is 115 Å². The first kappa shape index (κ1) is 31.0. The van der Waals surface area contributed by atoms with E-state index in [0.717, 1.165) is 24.0 Å². The van der Waals surface area contributed by atoms with Crippen molar-refractivity contribution < 1.29 is 34.1 Å². The van der Waals surface area contributed by atoms with E-state index in [2.05, 4.69) is 33.0 Å². The molecule has 0 radical (unpaired) electrons. The lowest BCUT2D eigenvalue weighted by atomic mass is 9.41. The van der Waals surface area contributed by atoms with Crippen molar-refractivity contribution in [2.75, 3.05) is 5.32 Å². The molecule has 0 saturated heterocycles. The Bertz CT molecular complexity index is 1630. The summed E-state index contributed by atoms with van der Waals surface area (Å²) >= 11 is 0. The molecule has 6 unspecified atom stereocenters. The molecule has 2 saturated carbocycles. The molecule has 2 fully saturated rings. The molecule has 8 nitrogen and oxygen atoms in total. The summed E-state index contributed by atoms with van der Waals surface area (Å²) in [5.74, 6) is -0.890. The summed E-state index contributed by atoms with van der Waals surface area (Å²) in [7, 11) is 0. The van der Waals surface area contributed by atoms with E-state index in [1.165, 1.54) is 17.2 Å². The minimum atomic E-state index is -1.49. The number of benzene rings is 1. The number of carbonyl (C=O) groups is 3. The highest BCUT2D eigenvalue weighted by atomic mass is 16.5.